The van der Waals surface area contributed by atoms with Crippen LogP contribution in [0.2, 0.25) is 0 Å². The van der Waals surface area contributed by atoms with E-state index in [-0.39, 0.29) is 12.0 Å². The predicted molar refractivity (Wildman–Crippen MR) is 63.4 cm³/mol. The summed E-state index contributed by atoms with van der Waals surface area (Å²) in [5.41, 5.74) is 2.83. The van der Waals surface area contributed by atoms with Crippen LogP contribution < -0.4 is 11.3 Å². The van der Waals surface area contributed by atoms with Gasteiger partial charge in [0.1, 0.15) is 11.5 Å². The highest BCUT2D eigenvalue weighted by molar-refractivity contribution is 5.92. The smallest absolute Gasteiger partial charge is 0.272 e. The van der Waals surface area contributed by atoms with Crippen molar-refractivity contribution in [1.82, 2.24) is 9.88 Å². The molecule has 3 N–H and O–H groups in total. The number of aromatic nitrogens is 1. The molecule has 1 aromatic rings. The first kappa shape index (κ1) is 11.8. The minimum atomic E-state index is -0.0859. The van der Waals surface area contributed by atoms with Gasteiger partial charge in [-0.15, -0.1) is 0 Å². The summed E-state index contributed by atoms with van der Waals surface area (Å²) < 4.78 is 5.39. The highest BCUT2D eigenvalue weighted by atomic mass is 16.5. The Morgan fingerprint density at radius 1 is 1.65 bits per heavy atom. The topological polar surface area (TPSA) is 80.5 Å². The maximum atomic E-state index is 12.2. The van der Waals surface area contributed by atoms with E-state index in [1.54, 1.807) is 23.1 Å². The van der Waals surface area contributed by atoms with Crippen molar-refractivity contribution in [1.29, 1.82) is 0 Å². The van der Waals surface area contributed by atoms with E-state index in [2.05, 4.69) is 10.4 Å². The Morgan fingerprint density at radius 3 is 3.18 bits per heavy atom. The standard InChI is InChI=1S/C11H16N4O2/c1-8-7-15(5-6-17-8)11(16)9-3-2-4-10(13-9)14-12/h2-4,8H,5-7,12H2,1H3,(H,13,14). The number of carbonyl (C=O) groups excluding carboxylic acids is 1. The molecule has 1 aromatic heterocycles. The molecular weight excluding hydrogens is 220 g/mol. The van der Waals surface area contributed by atoms with Crippen LogP contribution in [0.4, 0.5) is 5.82 Å². The molecule has 0 aromatic carbocycles. The number of nitrogens with two attached hydrogens (primary N) is 1. The summed E-state index contributed by atoms with van der Waals surface area (Å²) in [5, 5.41) is 0. The van der Waals surface area contributed by atoms with E-state index in [1.165, 1.54) is 0 Å². The summed E-state index contributed by atoms with van der Waals surface area (Å²) in [6.07, 6.45) is 0.0727. The minimum absolute atomic E-state index is 0.0727. The van der Waals surface area contributed by atoms with Crippen molar-refractivity contribution in [3.63, 3.8) is 0 Å². The third-order valence-corrected chi connectivity index (χ3v) is 2.64. The van der Waals surface area contributed by atoms with E-state index in [9.17, 15) is 4.79 Å². The lowest BCUT2D eigenvalue weighted by molar-refractivity contribution is -0.0126. The molecule has 92 valence electrons. The molecule has 1 amide bonds. The molecule has 2 rings (SSSR count). The number of nitrogens with zero attached hydrogens (tertiary/aromatic N) is 2. The number of carbonyl (C=O) groups is 1. The molecule has 1 unspecified atom stereocenters. The fourth-order valence-electron chi connectivity index (χ4n) is 1.80. The molecule has 1 fully saturated rings. The van der Waals surface area contributed by atoms with Crippen molar-refractivity contribution in [2.24, 2.45) is 5.84 Å². The van der Waals surface area contributed by atoms with Gasteiger partial charge in [0.05, 0.1) is 12.7 Å². The summed E-state index contributed by atoms with van der Waals surface area (Å²) >= 11 is 0. The van der Waals surface area contributed by atoms with Crippen LogP contribution in [0, 0.1) is 0 Å². The third-order valence-electron chi connectivity index (χ3n) is 2.64. The van der Waals surface area contributed by atoms with Crippen LogP contribution in [-0.2, 0) is 4.74 Å². The Hall–Kier alpha value is -1.66. The number of pyridine rings is 1. The normalized spacial score (nSPS) is 20.1. The number of ether oxygens (including phenoxy) is 1. The number of amides is 1. The van der Waals surface area contributed by atoms with Crippen LogP contribution >= 0.6 is 0 Å². The molecule has 17 heavy (non-hydrogen) atoms. The maximum absolute atomic E-state index is 12.2. The number of hydrogen-bond acceptors (Lipinski definition) is 5. The maximum Gasteiger partial charge on any atom is 0.272 e. The van der Waals surface area contributed by atoms with Gasteiger partial charge >= 0.3 is 0 Å². The van der Waals surface area contributed by atoms with Crippen molar-refractivity contribution in [2.75, 3.05) is 25.1 Å². The molecule has 0 bridgehead atoms. The van der Waals surface area contributed by atoms with Gasteiger partial charge < -0.3 is 15.1 Å². The van der Waals surface area contributed by atoms with Gasteiger partial charge in [-0.05, 0) is 19.1 Å². The van der Waals surface area contributed by atoms with E-state index < -0.39 is 0 Å². The average Bonchev–Trinajstić information content (AvgIpc) is 2.38. The van der Waals surface area contributed by atoms with E-state index in [0.717, 1.165) is 0 Å². The van der Waals surface area contributed by atoms with Crippen molar-refractivity contribution >= 4 is 11.7 Å². The molecule has 0 saturated carbocycles. The molecule has 0 spiro atoms. The van der Waals surface area contributed by atoms with Gasteiger partial charge in [-0.25, -0.2) is 10.8 Å². The Morgan fingerprint density at radius 2 is 2.47 bits per heavy atom. The van der Waals surface area contributed by atoms with Crippen molar-refractivity contribution in [3.05, 3.63) is 23.9 Å². The van der Waals surface area contributed by atoms with E-state index in [4.69, 9.17) is 10.6 Å². The monoisotopic (exact) mass is 236 g/mol. The first-order valence-corrected chi connectivity index (χ1v) is 5.55. The number of nitrogens with one attached hydrogen (secondary N) is 1. The summed E-state index contributed by atoms with van der Waals surface area (Å²) in [6.45, 7) is 3.72. The molecule has 6 nitrogen and oxygen atoms in total. The first-order valence-electron chi connectivity index (χ1n) is 5.55. The fraction of sp³-hybridized carbons (Fsp3) is 0.455. The summed E-state index contributed by atoms with van der Waals surface area (Å²) in [7, 11) is 0. The van der Waals surface area contributed by atoms with Gasteiger partial charge in [0.2, 0.25) is 0 Å². The van der Waals surface area contributed by atoms with Crippen LogP contribution in [0.5, 0.6) is 0 Å². The SMILES string of the molecule is CC1CN(C(=O)c2cccc(NN)n2)CCO1. The zero-order valence-electron chi connectivity index (χ0n) is 9.72. The van der Waals surface area contributed by atoms with Crippen LogP contribution in [0.1, 0.15) is 17.4 Å². The molecule has 0 aliphatic carbocycles. The Kier molecular flexibility index (Phi) is 3.55. The molecule has 6 heteroatoms. The average molecular weight is 236 g/mol. The fourth-order valence-corrected chi connectivity index (χ4v) is 1.80. The zero-order valence-corrected chi connectivity index (χ0v) is 9.72. The van der Waals surface area contributed by atoms with Gasteiger partial charge in [0.15, 0.2) is 0 Å². The number of nitrogen functional groups attached to an aromatic ring is 1. The van der Waals surface area contributed by atoms with Crippen LogP contribution in [-0.4, -0.2) is 41.6 Å². The summed E-state index contributed by atoms with van der Waals surface area (Å²) in [4.78, 5) is 18.0. The Bertz CT molecular complexity index is 410. The lowest BCUT2D eigenvalue weighted by Gasteiger charge is -2.30. The van der Waals surface area contributed by atoms with E-state index in [1.807, 2.05) is 6.92 Å². The van der Waals surface area contributed by atoms with Gasteiger partial charge in [-0.3, -0.25) is 4.79 Å². The highest BCUT2D eigenvalue weighted by Gasteiger charge is 2.23. The lowest BCUT2D eigenvalue weighted by atomic mass is 10.2. The molecule has 1 atom stereocenters. The zero-order chi connectivity index (χ0) is 12.3. The summed E-state index contributed by atoms with van der Waals surface area (Å²) in [6, 6.07) is 5.14. The van der Waals surface area contributed by atoms with Crippen LogP contribution in [0.25, 0.3) is 0 Å². The molecule has 2 heterocycles. The van der Waals surface area contributed by atoms with Gasteiger partial charge in [0.25, 0.3) is 5.91 Å². The van der Waals surface area contributed by atoms with Crippen molar-refractivity contribution in [3.8, 4) is 0 Å². The quantitative estimate of drug-likeness (QED) is 0.567. The van der Waals surface area contributed by atoms with Gasteiger partial charge in [-0.2, -0.15) is 0 Å². The second-order valence-electron chi connectivity index (χ2n) is 3.98. The summed E-state index contributed by atoms with van der Waals surface area (Å²) in [5.74, 6) is 5.66. The highest BCUT2D eigenvalue weighted by Crippen LogP contribution is 2.10. The second-order valence-corrected chi connectivity index (χ2v) is 3.98. The molecule has 1 aliphatic heterocycles. The molecular formula is C11H16N4O2. The van der Waals surface area contributed by atoms with Gasteiger partial charge in [0, 0.05) is 13.1 Å². The molecule has 1 saturated heterocycles. The molecule has 1 aliphatic rings. The Balaban J connectivity index is 2.12. The lowest BCUT2D eigenvalue weighted by Crippen LogP contribution is -2.44. The Labute approximate surface area is 99.7 Å². The number of morpholine rings is 1. The molecule has 0 radical (unpaired) electrons. The predicted octanol–water partition coefficient (Wildman–Crippen LogP) is 0.228. The first-order chi connectivity index (χ1) is 8.20. The van der Waals surface area contributed by atoms with Gasteiger partial charge in [-0.1, -0.05) is 6.07 Å². The number of hydrazine groups is 1. The largest absolute Gasteiger partial charge is 0.375 e. The van der Waals surface area contributed by atoms with Crippen LogP contribution in [0.15, 0.2) is 18.2 Å². The minimum Gasteiger partial charge on any atom is -0.375 e. The second kappa shape index (κ2) is 5.11. The van der Waals surface area contributed by atoms with Crippen molar-refractivity contribution < 1.29 is 9.53 Å². The number of hydrogen-bond donors (Lipinski definition) is 2. The third kappa shape index (κ3) is 2.72. The number of anilines is 1. The number of rotatable bonds is 2. The van der Waals surface area contributed by atoms with Crippen LogP contribution in [0.3, 0.4) is 0 Å². The van der Waals surface area contributed by atoms with Crippen molar-refractivity contribution in [2.45, 2.75) is 13.0 Å². The van der Waals surface area contributed by atoms with E-state index in [0.29, 0.717) is 31.2 Å². The van der Waals surface area contributed by atoms with E-state index >= 15 is 0 Å².